The van der Waals surface area contributed by atoms with Crippen LogP contribution in [0.1, 0.15) is 0 Å². The van der Waals surface area contributed by atoms with Crippen molar-refractivity contribution in [3.05, 3.63) is 84.9 Å². The Labute approximate surface area is 324 Å². The lowest BCUT2D eigenvalue weighted by molar-refractivity contribution is 0.669. The molecule has 3 heterocycles. The second kappa shape index (κ2) is 12.6. The average Bonchev–Trinajstić information content (AvgIpc) is 3.71. The summed E-state index contributed by atoms with van der Waals surface area (Å²) in [6.07, 6.45) is 0. The molecule has 0 amide bonds. The maximum absolute atomic E-state index is 6.40. The Bertz CT molecular complexity index is 2940. The molecular weight excluding hydrogens is 649 g/mol. The van der Waals surface area contributed by atoms with Gasteiger partial charge in [-0.3, -0.25) is 0 Å². The van der Waals surface area contributed by atoms with Gasteiger partial charge in [0.2, 0.25) is 0 Å². The second-order valence-corrected chi connectivity index (χ2v) is 15.2. The normalized spacial score (nSPS) is 11.7. The van der Waals surface area contributed by atoms with Crippen LogP contribution in [-0.2, 0) is 0 Å². The summed E-state index contributed by atoms with van der Waals surface area (Å²) in [7, 11) is 22.1. The zero-order valence-electron chi connectivity index (χ0n) is 32.8. The van der Waals surface area contributed by atoms with Crippen LogP contribution in [0.25, 0.3) is 83.6 Å². The Hall–Kier alpha value is -5.42. The molecule has 6 aromatic carbocycles. The van der Waals surface area contributed by atoms with E-state index in [0.29, 0.717) is 17.5 Å². The Kier molecular flexibility index (Phi) is 8.00. The van der Waals surface area contributed by atoms with Gasteiger partial charge in [-0.05, 0) is 30.3 Å². The zero-order chi connectivity index (χ0) is 37.7. The zero-order valence-corrected chi connectivity index (χ0v) is 32.8. The van der Waals surface area contributed by atoms with Gasteiger partial charge in [0.15, 0.2) is 17.5 Å². The molecule has 0 atom stereocenters. The molecule has 9 aromatic rings. The summed E-state index contributed by atoms with van der Waals surface area (Å²) in [5.41, 5.74) is 20.7. The highest BCUT2D eigenvalue weighted by Gasteiger charge is 2.22. The molecule has 9 rings (SSSR count). The molecule has 15 heteroatoms. The highest BCUT2D eigenvalue weighted by Crippen LogP contribution is 2.38. The molecule has 0 aliphatic carbocycles. The van der Waals surface area contributed by atoms with Crippen LogP contribution in [0.4, 0.5) is 0 Å². The van der Waals surface area contributed by atoms with Gasteiger partial charge in [0, 0.05) is 50.0 Å². The molecule has 0 radical (unpaired) electrons. The topological polar surface area (TPSA) is 56.7 Å². The van der Waals surface area contributed by atoms with Gasteiger partial charge in [0.05, 0.1) is 11.0 Å². The van der Waals surface area contributed by atoms with Gasteiger partial charge in [-0.25, -0.2) is 15.0 Å². The van der Waals surface area contributed by atoms with E-state index in [1.165, 1.54) is 65.4 Å². The van der Waals surface area contributed by atoms with Crippen molar-refractivity contribution < 1.29 is 4.42 Å². The van der Waals surface area contributed by atoms with E-state index >= 15 is 0 Å². The van der Waals surface area contributed by atoms with Crippen molar-refractivity contribution >= 4 is 177 Å². The Morgan fingerprint density at radius 1 is 0.389 bits per heavy atom. The number of benzene rings is 6. The third kappa shape index (κ3) is 5.04. The van der Waals surface area contributed by atoms with Crippen LogP contribution in [-0.4, -0.2) is 98.0 Å². The molecule has 0 spiro atoms. The molecule has 54 heavy (non-hydrogen) atoms. The van der Waals surface area contributed by atoms with E-state index in [-0.39, 0.29) is 0 Å². The van der Waals surface area contributed by atoms with Crippen LogP contribution in [0.5, 0.6) is 0 Å². The Balaban J connectivity index is 1.31. The monoisotopic (exact) mass is 684 g/mol. The van der Waals surface area contributed by atoms with Gasteiger partial charge in [0.1, 0.15) is 89.6 Å². The standard InChI is InChI=1S/C39H34B10N4O/c40-27-25(28(41)32(45)35(48)31(27)44)38-50-37(51-39(52-38)26-29(42)33(46)36(49)34(47)30(26)43)15-6-5-7-16(12-15)53-21-10-3-1-8-17(21)19-13-20-18-9-2-4-11-23(18)54-24(20)14-22(19)53/h1-14H,40-49H2. The lowest BCUT2D eigenvalue weighted by atomic mass is 9.60. The summed E-state index contributed by atoms with van der Waals surface area (Å²) in [6, 6.07) is 30.0. The van der Waals surface area contributed by atoms with Crippen molar-refractivity contribution in [3.8, 4) is 39.9 Å². The third-order valence-electron chi connectivity index (χ3n) is 12.6. The maximum Gasteiger partial charge on any atom is 0.164 e. The molecule has 0 saturated heterocycles. The summed E-state index contributed by atoms with van der Waals surface area (Å²) in [4.78, 5) is 16.0. The quantitative estimate of drug-likeness (QED) is 0.173. The fourth-order valence-corrected chi connectivity index (χ4v) is 8.65. The molecule has 0 N–H and O–H groups in total. The third-order valence-corrected chi connectivity index (χ3v) is 12.6. The number of furan rings is 1. The number of rotatable bonds is 4. The van der Waals surface area contributed by atoms with Crippen molar-refractivity contribution in [2.75, 3.05) is 0 Å². The van der Waals surface area contributed by atoms with E-state index in [0.717, 1.165) is 55.3 Å². The molecule has 0 aliphatic rings. The number of aromatic nitrogens is 4. The minimum absolute atomic E-state index is 0.654. The van der Waals surface area contributed by atoms with Crippen LogP contribution in [0.2, 0.25) is 0 Å². The number of hydrogen-bond acceptors (Lipinski definition) is 4. The van der Waals surface area contributed by atoms with Crippen molar-refractivity contribution in [1.82, 2.24) is 19.5 Å². The number of fused-ring (bicyclic) bond motifs is 6. The maximum atomic E-state index is 6.40. The second-order valence-electron chi connectivity index (χ2n) is 15.2. The van der Waals surface area contributed by atoms with E-state index in [2.05, 4.69) is 156 Å². The van der Waals surface area contributed by atoms with Gasteiger partial charge >= 0.3 is 0 Å². The Morgan fingerprint density at radius 3 is 1.52 bits per heavy atom. The first-order chi connectivity index (χ1) is 25.9. The molecular formula is C39H34B10N4O. The molecule has 246 valence electrons. The van der Waals surface area contributed by atoms with Crippen LogP contribution in [0, 0.1) is 0 Å². The minimum Gasteiger partial charge on any atom is -0.456 e. The largest absolute Gasteiger partial charge is 0.456 e. The first-order valence-corrected chi connectivity index (χ1v) is 18.8. The molecule has 0 saturated carbocycles. The first kappa shape index (κ1) is 34.4. The number of hydrogen-bond donors (Lipinski definition) is 0. The average molecular weight is 683 g/mol. The summed E-state index contributed by atoms with van der Waals surface area (Å²) < 4.78 is 8.74. The lowest BCUT2D eigenvalue weighted by Crippen LogP contribution is -2.55. The van der Waals surface area contributed by atoms with E-state index in [1.807, 2.05) is 12.1 Å². The fourth-order valence-electron chi connectivity index (χ4n) is 8.65. The smallest absolute Gasteiger partial charge is 0.164 e. The lowest BCUT2D eigenvalue weighted by Gasteiger charge is -2.22. The summed E-state index contributed by atoms with van der Waals surface area (Å²) in [6.45, 7) is 0. The minimum atomic E-state index is 0.654. The molecule has 0 aliphatic heterocycles. The van der Waals surface area contributed by atoms with Crippen molar-refractivity contribution in [1.29, 1.82) is 0 Å². The molecule has 5 nitrogen and oxygen atoms in total. The van der Waals surface area contributed by atoms with Gasteiger partial charge < -0.3 is 8.98 Å². The van der Waals surface area contributed by atoms with E-state index in [1.54, 1.807) is 0 Å². The van der Waals surface area contributed by atoms with Crippen LogP contribution >= 0.6 is 0 Å². The number of para-hydroxylation sites is 2. The van der Waals surface area contributed by atoms with Crippen LogP contribution in [0.15, 0.2) is 89.3 Å². The van der Waals surface area contributed by atoms with E-state index in [4.69, 9.17) is 19.4 Å². The predicted octanol–water partition coefficient (Wildman–Crippen LogP) is -7.55. The summed E-state index contributed by atoms with van der Waals surface area (Å²) in [5, 5.41) is 4.64. The molecule has 0 fully saturated rings. The van der Waals surface area contributed by atoms with Gasteiger partial charge in [-0.15, -0.1) is 32.8 Å². The first-order valence-electron chi connectivity index (χ1n) is 18.8. The predicted molar refractivity (Wildman–Crippen MR) is 260 cm³/mol. The van der Waals surface area contributed by atoms with Crippen molar-refractivity contribution in [2.45, 2.75) is 0 Å². The summed E-state index contributed by atoms with van der Waals surface area (Å²) >= 11 is 0. The number of nitrogens with zero attached hydrogens (tertiary/aromatic N) is 4. The fraction of sp³-hybridized carbons (Fsp3) is 0. The molecule has 0 bridgehead atoms. The van der Waals surface area contributed by atoms with Crippen molar-refractivity contribution in [2.24, 2.45) is 0 Å². The SMILES string of the molecule is Bc1c(B)c(B)c(-c2nc(-c3cccc(-n4c5ccccc5c5cc6c(cc54)oc4ccccc46)c3)nc(-c3c(B)c(B)c(B)c(B)c3B)n2)c(B)c1B. The van der Waals surface area contributed by atoms with Crippen molar-refractivity contribution in [3.63, 3.8) is 0 Å². The summed E-state index contributed by atoms with van der Waals surface area (Å²) in [5.74, 6) is 2.07. The molecule has 3 aromatic heterocycles. The highest BCUT2D eigenvalue weighted by atomic mass is 16.3. The highest BCUT2D eigenvalue weighted by molar-refractivity contribution is 6.69. The van der Waals surface area contributed by atoms with E-state index < -0.39 is 0 Å². The Morgan fingerprint density at radius 2 is 0.907 bits per heavy atom. The van der Waals surface area contributed by atoms with Crippen LogP contribution in [0.3, 0.4) is 0 Å². The van der Waals surface area contributed by atoms with Gasteiger partial charge in [-0.2, -0.15) is 0 Å². The van der Waals surface area contributed by atoms with Crippen LogP contribution < -0.4 is 54.6 Å². The van der Waals surface area contributed by atoms with E-state index in [9.17, 15) is 0 Å². The van der Waals surface area contributed by atoms with Gasteiger partial charge in [-0.1, -0.05) is 70.4 Å². The van der Waals surface area contributed by atoms with Gasteiger partial charge in [0.25, 0.3) is 0 Å². The molecule has 0 unspecified atom stereocenters.